The van der Waals surface area contributed by atoms with Gasteiger partial charge in [0.15, 0.2) is 5.96 Å². The molecule has 1 aliphatic rings. The molecule has 7 heteroatoms. The molecule has 2 rings (SSSR count). The van der Waals surface area contributed by atoms with Crippen LogP contribution in [0.5, 0.6) is 5.88 Å². The Morgan fingerprint density at radius 1 is 1.19 bits per heavy atom. The molecule has 1 aromatic rings. The highest BCUT2D eigenvalue weighted by atomic mass is 127. The van der Waals surface area contributed by atoms with Gasteiger partial charge in [0.05, 0.1) is 6.61 Å². The molecule has 2 N–H and O–H groups in total. The van der Waals surface area contributed by atoms with Gasteiger partial charge in [0, 0.05) is 39.5 Å². The van der Waals surface area contributed by atoms with Gasteiger partial charge in [-0.15, -0.1) is 24.0 Å². The molecular weight excluding hydrogens is 455 g/mol. The Kier molecular flexibility index (Phi) is 13.2. The third kappa shape index (κ3) is 10.1. The van der Waals surface area contributed by atoms with Crippen molar-refractivity contribution in [2.24, 2.45) is 10.9 Å². The minimum Gasteiger partial charge on any atom is -0.475 e. The minimum atomic E-state index is 0. The molecule has 1 aliphatic carbocycles. The van der Waals surface area contributed by atoms with E-state index < -0.39 is 0 Å². The fourth-order valence-electron chi connectivity index (χ4n) is 3.30. The number of nitrogens with one attached hydrogen (secondary N) is 2. The number of halogens is 1. The average molecular weight is 490 g/mol. The molecule has 27 heavy (non-hydrogen) atoms. The lowest BCUT2D eigenvalue weighted by molar-refractivity contribution is 0.143. The first kappa shape index (κ1) is 23.9. The van der Waals surface area contributed by atoms with Crippen LogP contribution in [0.3, 0.4) is 0 Å². The van der Waals surface area contributed by atoms with Crippen LogP contribution in [0.4, 0.5) is 0 Å². The number of ether oxygens (including phenoxy) is 2. The van der Waals surface area contributed by atoms with Gasteiger partial charge in [0.25, 0.3) is 0 Å². The number of methoxy groups -OCH3 is 1. The molecule has 0 spiro atoms. The average Bonchev–Trinajstić information content (AvgIpc) is 3.19. The Labute approximate surface area is 180 Å². The summed E-state index contributed by atoms with van der Waals surface area (Å²) in [4.78, 5) is 8.58. The predicted octanol–water partition coefficient (Wildman–Crippen LogP) is 3.75. The molecule has 154 valence electrons. The number of nitrogens with zero attached hydrogens (tertiary/aromatic N) is 2. The maximum Gasteiger partial charge on any atom is 0.213 e. The van der Waals surface area contributed by atoms with Crippen LogP contribution in [0, 0.1) is 5.92 Å². The van der Waals surface area contributed by atoms with Crippen LogP contribution in [-0.4, -0.2) is 44.9 Å². The Morgan fingerprint density at radius 2 is 2.00 bits per heavy atom. The number of hydrogen-bond donors (Lipinski definition) is 2. The van der Waals surface area contributed by atoms with Crippen molar-refractivity contribution in [1.82, 2.24) is 15.6 Å². The minimum absolute atomic E-state index is 0. The first-order valence-corrected chi connectivity index (χ1v) is 9.83. The topological polar surface area (TPSA) is 67.8 Å². The zero-order valence-corrected chi connectivity index (χ0v) is 19.0. The van der Waals surface area contributed by atoms with Gasteiger partial charge in [-0.05, 0) is 17.9 Å². The molecule has 6 nitrogen and oxygen atoms in total. The highest BCUT2D eigenvalue weighted by Gasteiger charge is 2.13. The molecule has 1 fully saturated rings. The summed E-state index contributed by atoms with van der Waals surface area (Å²) in [6.07, 6.45) is 11.5. The van der Waals surface area contributed by atoms with E-state index in [2.05, 4.69) is 20.6 Å². The number of pyridine rings is 1. The monoisotopic (exact) mass is 490 g/mol. The van der Waals surface area contributed by atoms with Gasteiger partial charge in [-0.3, -0.25) is 4.99 Å². The number of hydrogen-bond acceptors (Lipinski definition) is 4. The number of rotatable bonds is 11. The Bertz CT molecular complexity index is 519. The molecule has 1 aromatic heterocycles. The molecule has 1 saturated carbocycles. The van der Waals surface area contributed by atoms with E-state index >= 15 is 0 Å². The van der Waals surface area contributed by atoms with E-state index in [4.69, 9.17) is 9.47 Å². The molecule has 0 bridgehead atoms. The summed E-state index contributed by atoms with van der Waals surface area (Å²) in [5, 5.41) is 6.72. The Balaban J connectivity index is 0.00000364. The number of aliphatic imine (C=N–C) groups is 1. The van der Waals surface area contributed by atoms with Gasteiger partial charge in [-0.1, -0.05) is 44.6 Å². The van der Waals surface area contributed by atoms with E-state index in [1.165, 1.54) is 44.9 Å². The van der Waals surface area contributed by atoms with Crippen molar-refractivity contribution >= 4 is 29.9 Å². The zero-order chi connectivity index (χ0) is 18.5. The van der Waals surface area contributed by atoms with E-state index in [1.54, 1.807) is 14.2 Å². The van der Waals surface area contributed by atoms with E-state index in [1.807, 2.05) is 18.3 Å². The van der Waals surface area contributed by atoms with E-state index in [9.17, 15) is 0 Å². The lowest BCUT2D eigenvalue weighted by Gasteiger charge is -2.13. The summed E-state index contributed by atoms with van der Waals surface area (Å²) in [5.74, 6) is 2.45. The van der Waals surface area contributed by atoms with Crippen LogP contribution in [0.25, 0.3) is 0 Å². The molecule has 0 amide bonds. The van der Waals surface area contributed by atoms with E-state index in [-0.39, 0.29) is 24.0 Å². The summed E-state index contributed by atoms with van der Waals surface area (Å²) in [7, 11) is 3.46. The van der Waals surface area contributed by atoms with Crippen LogP contribution < -0.4 is 15.4 Å². The predicted molar refractivity (Wildman–Crippen MR) is 121 cm³/mol. The molecule has 0 aliphatic heterocycles. The quantitative estimate of drug-likeness (QED) is 0.214. The summed E-state index contributed by atoms with van der Waals surface area (Å²) < 4.78 is 10.4. The maximum atomic E-state index is 5.47. The van der Waals surface area contributed by atoms with Crippen LogP contribution >= 0.6 is 24.0 Å². The van der Waals surface area contributed by atoms with Gasteiger partial charge in [0.1, 0.15) is 6.61 Å². The third-order valence-electron chi connectivity index (χ3n) is 4.82. The van der Waals surface area contributed by atoms with Crippen molar-refractivity contribution in [3.63, 3.8) is 0 Å². The standard InChI is InChI=1S/C20H34N4O2.HI/c1-21-20(22-12-6-5-9-17-7-3-4-8-17)24-16-18-10-11-19(23-15-18)26-14-13-25-2;/h10-11,15,17H,3-9,12-14,16H2,1-2H3,(H2,21,22,24);1H. The van der Waals surface area contributed by atoms with Crippen LogP contribution in [-0.2, 0) is 11.3 Å². The summed E-state index contributed by atoms with van der Waals surface area (Å²) in [6, 6.07) is 3.89. The molecule has 0 saturated heterocycles. The normalized spacial score (nSPS) is 14.7. The fraction of sp³-hybridized carbons (Fsp3) is 0.700. The van der Waals surface area contributed by atoms with Crippen molar-refractivity contribution in [2.75, 3.05) is 33.9 Å². The highest BCUT2D eigenvalue weighted by molar-refractivity contribution is 14.0. The lowest BCUT2D eigenvalue weighted by atomic mass is 10.0. The second-order valence-corrected chi connectivity index (χ2v) is 6.84. The zero-order valence-electron chi connectivity index (χ0n) is 16.7. The Hall–Kier alpha value is -1.09. The molecule has 0 radical (unpaired) electrons. The number of aromatic nitrogens is 1. The van der Waals surface area contributed by atoms with E-state index in [0.717, 1.165) is 24.0 Å². The molecule has 0 aromatic carbocycles. The van der Waals surface area contributed by atoms with Crippen LogP contribution in [0.1, 0.15) is 50.5 Å². The fourth-order valence-corrected chi connectivity index (χ4v) is 3.30. The molecule has 1 heterocycles. The number of guanidine groups is 1. The van der Waals surface area contributed by atoms with Gasteiger partial charge < -0.3 is 20.1 Å². The molecular formula is C20H35IN4O2. The summed E-state index contributed by atoms with van der Waals surface area (Å²) in [6.45, 7) is 2.73. The van der Waals surface area contributed by atoms with Crippen molar-refractivity contribution < 1.29 is 9.47 Å². The Morgan fingerprint density at radius 3 is 2.67 bits per heavy atom. The second kappa shape index (κ2) is 14.9. The molecule has 0 atom stereocenters. The first-order valence-electron chi connectivity index (χ1n) is 9.83. The van der Waals surface area contributed by atoms with Gasteiger partial charge in [0.2, 0.25) is 5.88 Å². The lowest BCUT2D eigenvalue weighted by Crippen LogP contribution is -2.37. The summed E-state index contributed by atoms with van der Waals surface area (Å²) in [5.41, 5.74) is 1.09. The second-order valence-electron chi connectivity index (χ2n) is 6.84. The smallest absolute Gasteiger partial charge is 0.213 e. The van der Waals surface area contributed by atoms with Crippen LogP contribution in [0.2, 0.25) is 0 Å². The third-order valence-corrected chi connectivity index (χ3v) is 4.82. The largest absolute Gasteiger partial charge is 0.475 e. The van der Waals surface area contributed by atoms with Crippen molar-refractivity contribution in [3.8, 4) is 5.88 Å². The van der Waals surface area contributed by atoms with E-state index in [0.29, 0.717) is 25.6 Å². The number of unbranched alkanes of at least 4 members (excludes halogenated alkanes) is 1. The van der Waals surface area contributed by atoms with Gasteiger partial charge in [-0.2, -0.15) is 0 Å². The van der Waals surface area contributed by atoms with Gasteiger partial charge >= 0.3 is 0 Å². The van der Waals surface area contributed by atoms with Crippen molar-refractivity contribution in [3.05, 3.63) is 23.9 Å². The molecule has 0 unspecified atom stereocenters. The highest BCUT2D eigenvalue weighted by Crippen LogP contribution is 2.28. The maximum absolute atomic E-state index is 5.47. The summed E-state index contributed by atoms with van der Waals surface area (Å²) >= 11 is 0. The van der Waals surface area contributed by atoms with Crippen LogP contribution in [0.15, 0.2) is 23.3 Å². The van der Waals surface area contributed by atoms with Crippen molar-refractivity contribution in [1.29, 1.82) is 0 Å². The van der Waals surface area contributed by atoms with Crippen molar-refractivity contribution in [2.45, 2.75) is 51.5 Å². The SMILES string of the molecule is CN=C(NCCCCC1CCCC1)NCc1ccc(OCCOC)nc1.I. The van der Waals surface area contributed by atoms with Gasteiger partial charge in [-0.25, -0.2) is 4.98 Å². The first-order chi connectivity index (χ1) is 12.8.